The highest BCUT2D eigenvalue weighted by Gasteiger charge is 2.12. The van der Waals surface area contributed by atoms with Crippen molar-refractivity contribution in [1.82, 2.24) is 4.57 Å². The summed E-state index contributed by atoms with van der Waals surface area (Å²) in [5.41, 5.74) is 2.07. The number of hydrogen-bond acceptors (Lipinski definition) is 1. The third-order valence-electron chi connectivity index (χ3n) is 3.49. The predicted octanol–water partition coefficient (Wildman–Crippen LogP) is 4.29. The second-order valence-corrected chi connectivity index (χ2v) is 5.01. The fraction of sp³-hybridized carbons (Fsp3) is 0.0556. The Labute approximate surface area is 126 Å². The van der Waals surface area contributed by atoms with Crippen LogP contribution in [0.5, 0.6) is 0 Å². The Morgan fingerprint density at radius 3 is 2.50 bits per heavy atom. The van der Waals surface area contributed by atoms with Crippen molar-refractivity contribution in [2.45, 2.75) is 6.54 Å². The van der Waals surface area contributed by atoms with E-state index in [2.05, 4.69) is 0 Å². The molecule has 1 heterocycles. The second-order valence-electron chi connectivity index (χ2n) is 5.01. The minimum Gasteiger partial charge on any atom is -0.340 e. The van der Waals surface area contributed by atoms with E-state index < -0.39 is 11.6 Å². The van der Waals surface area contributed by atoms with E-state index in [1.165, 1.54) is 0 Å². The molecule has 0 aliphatic rings. The van der Waals surface area contributed by atoms with Crippen molar-refractivity contribution in [2.24, 2.45) is 0 Å². The number of rotatable bonds is 4. The third kappa shape index (κ3) is 2.81. The van der Waals surface area contributed by atoms with Gasteiger partial charge in [-0.2, -0.15) is 0 Å². The molecule has 0 N–H and O–H groups in total. The molecule has 0 spiro atoms. The van der Waals surface area contributed by atoms with E-state index >= 15 is 0 Å². The molecule has 110 valence electrons. The smallest absolute Gasteiger partial charge is 0.166 e. The van der Waals surface area contributed by atoms with Crippen LogP contribution >= 0.6 is 0 Å². The Bertz CT molecular complexity index is 809. The molecule has 0 radical (unpaired) electrons. The van der Waals surface area contributed by atoms with E-state index in [0.717, 1.165) is 23.8 Å². The van der Waals surface area contributed by atoms with Crippen LogP contribution in [0.4, 0.5) is 8.78 Å². The van der Waals surface area contributed by atoms with E-state index in [-0.39, 0.29) is 5.56 Å². The van der Waals surface area contributed by atoms with Crippen LogP contribution in [0.25, 0.3) is 11.1 Å². The predicted molar refractivity (Wildman–Crippen MR) is 80.7 cm³/mol. The molecule has 0 atom stereocenters. The first-order chi connectivity index (χ1) is 10.7. The molecule has 2 nitrogen and oxygen atoms in total. The van der Waals surface area contributed by atoms with Crippen molar-refractivity contribution in [3.05, 3.63) is 83.7 Å². The molecule has 0 fully saturated rings. The average molecular weight is 297 g/mol. The molecule has 22 heavy (non-hydrogen) atoms. The van der Waals surface area contributed by atoms with Gasteiger partial charge in [-0.3, -0.25) is 4.79 Å². The summed E-state index contributed by atoms with van der Waals surface area (Å²) in [4.78, 5) is 11.2. The van der Waals surface area contributed by atoms with Gasteiger partial charge in [0.1, 0.15) is 11.6 Å². The van der Waals surface area contributed by atoms with Crippen LogP contribution in [0.1, 0.15) is 16.1 Å². The van der Waals surface area contributed by atoms with E-state index in [0.29, 0.717) is 24.1 Å². The monoisotopic (exact) mass is 297 g/mol. The number of aromatic nitrogens is 1. The minimum absolute atomic E-state index is 0.148. The molecule has 0 amide bonds. The zero-order valence-corrected chi connectivity index (χ0v) is 11.7. The maximum Gasteiger partial charge on any atom is 0.166 e. The van der Waals surface area contributed by atoms with Gasteiger partial charge >= 0.3 is 0 Å². The van der Waals surface area contributed by atoms with Gasteiger partial charge in [-0.25, -0.2) is 8.78 Å². The van der Waals surface area contributed by atoms with Crippen LogP contribution in [0.2, 0.25) is 0 Å². The highest BCUT2D eigenvalue weighted by atomic mass is 19.1. The summed E-state index contributed by atoms with van der Waals surface area (Å²) in [6.45, 7) is 0.492. The van der Waals surface area contributed by atoms with Crippen molar-refractivity contribution in [3.63, 3.8) is 0 Å². The van der Waals surface area contributed by atoms with Crippen molar-refractivity contribution in [2.75, 3.05) is 0 Å². The molecule has 3 aromatic rings. The maximum absolute atomic E-state index is 13.9. The Balaban J connectivity index is 2.01. The van der Waals surface area contributed by atoms with Crippen LogP contribution in [0.3, 0.4) is 0 Å². The van der Waals surface area contributed by atoms with Crippen molar-refractivity contribution >= 4 is 6.29 Å². The number of aldehydes is 1. The Morgan fingerprint density at radius 2 is 1.77 bits per heavy atom. The molecule has 0 aliphatic heterocycles. The van der Waals surface area contributed by atoms with Crippen molar-refractivity contribution in [3.8, 4) is 11.1 Å². The molecule has 0 saturated heterocycles. The SMILES string of the molecule is O=Cc1cc(-c2cc(F)ccc2F)cn1Cc1ccccc1. The lowest BCUT2D eigenvalue weighted by molar-refractivity contribution is 0.111. The number of halogens is 2. The molecule has 0 saturated carbocycles. The largest absolute Gasteiger partial charge is 0.340 e. The summed E-state index contributed by atoms with van der Waals surface area (Å²) in [5, 5.41) is 0. The summed E-state index contributed by atoms with van der Waals surface area (Å²) in [5.74, 6) is -1.03. The van der Waals surface area contributed by atoms with Gasteiger partial charge in [0.2, 0.25) is 0 Å². The molecule has 0 unspecified atom stereocenters. The summed E-state index contributed by atoms with van der Waals surface area (Å²) >= 11 is 0. The second kappa shape index (κ2) is 5.93. The van der Waals surface area contributed by atoms with E-state index in [9.17, 15) is 13.6 Å². The highest BCUT2D eigenvalue weighted by molar-refractivity contribution is 5.78. The summed E-state index contributed by atoms with van der Waals surface area (Å²) in [6.07, 6.45) is 2.37. The number of carbonyl (C=O) groups excluding carboxylic acids is 1. The van der Waals surface area contributed by atoms with E-state index in [1.807, 2.05) is 30.3 Å². The van der Waals surface area contributed by atoms with Crippen LogP contribution < -0.4 is 0 Å². The van der Waals surface area contributed by atoms with E-state index in [1.54, 1.807) is 16.8 Å². The molecular formula is C18H13F2NO. The van der Waals surface area contributed by atoms with Crippen LogP contribution in [-0.2, 0) is 6.54 Å². The molecule has 0 aliphatic carbocycles. The van der Waals surface area contributed by atoms with Gasteiger partial charge in [-0.15, -0.1) is 0 Å². The summed E-state index contributed by atoms with van der Waals surface area (Å²) in [7, 11) is 0. The molecule has 4 heteroatoms. The minimum atomic E-state index is -0.518. The van der Waals surface area contributed by atoms with E-state index in [4.69, 9.17) is 0 Å². The van der Waals surface area contributed by atoms with Crippen LogP contribution in [-0.4, -0.2) is 10.9 Å². The lowest BCUT2D eigenvalue weighted by atomic mass is 10.1. The molecular weight excluding hydrogens is 284 g/mol. The van der Waals surface area contributed by atoms with Crippen molar-refractivity contribution < 1.29 is 13.6 Å². The fourth-order valence-corrected chi connectivity index (χ4v) is 2.41. The van der Waals surface area contributed by atoms with Gasteiger partial charge in [-0.1, -0.05) is 30.3 Å². The van der Waals surface area contributed by atoms with Crippen LogP contribution in [0, 0.1) is 11.6 Å². The van der Waals surface area contributed by atoms with Gasteiger partial charge < -0.3 is 4.57 Å². The van der Waals surface area contributed by atoms with Gasteiger partial charge in [0.25, 0.3) is 0 Å². The number of carbonyl (C=O) groups is 1. The number of benzene rings is 2. The first-order valence-electron chi connectivity index (χ1n) is 6.82. The molecule has 3 rings (SSSR count). The summed E-state index contributed by atoms with van der Waals surface area (Å²) in [6, 6.07) is 14.5. The Morgan fingerprint density at radius 1 is 1.00 bits per heavy atom. The molecule has 2 aromatic carbocycles. The Kier molecular flexibility index (Phi) is 3.83. The number of hydrogen-bond donors (Lipinski definition) is 0. The van der Waals surface area contributed by atoms with Gasteiger partial charge in [0, 0.05) is 23.9 Å². The zero-order chi connectivity index (χ0) is 15.5. The van der Waals surface area contributed by atoms with Gasteiger partial charge in [0.05, 0.1) is 5.69 Å². The van der Waals surface area contributed by atoms with Gasteiger partial charge in [0.15, 0.2) is 6.29 Å². The first-order valence-corrected chi connectivity index (χ1v) is 6.82. The molecule has 0 bridgehead atoms. The zero-order valence-electron chi connectivity index (χ0n) is 11.7. The quantitative estimate of drug-likeness (QED) is 0.658. The van der Waals surface area contributed by atoms with Crippen molar-refractivity contribution in [1.29, 1.82) is 0 Å². The normalized spacial score (nSPS) is 10.6. The average Bonchev–Trinajstić information content (AvgIpc) is 2.93. The lowest BCUT2D eigenvalue weighted by Gasteiger charge is -2.05. The standard InChI is InChI=1S/C18H13F2NO/c19-15-6-7-18(20)17(9-15)14-8-16(12-22)21(11-14)10-13-4-2-1-3-5-13/h1-9,11-12H,10H2. The topological polar surface area (TPSA) is 22.0 Å². The first kappa shape index (κ1) is 14.2. The maximum atomic E-state index is 13.9. The van der Waals surface area contributed by atoms with Crippen LogP contribution in [0.15, 0.2) is 60.8 Å². The van der Waals surface area contributed by atoms with Gasteiger partial charge in [-0.05, 0) is 29.8 Å². The Hall–Kier alpha value is -2.75. The third-order valence-corrected chi connectivity index (χ3v) is 3.49. The lowest BCUT2D eigenvalue weighted by Crippen LogP contribution is -2.01. The highest BCUT2D eigenvalue weighted by Crippen LogP contribution is 2.26. The summed E-state index contributed by atoms with van der Waals surface area (Å²) < 4.78 is 28.9. The fourth-order valence-electron chi connectivity index (χ4n) is 2.41. The molecule has 1 aromatic heterocycles. The number of nitrogens with zero attached hydrogens (tertiary/aromatic N) is 1.